The summed E-state index contributed by atoms with van der Waals surface area (Å²) in [6.07, 6.45) is 2.42. The molecule has 4 aromatic carbocycles. The van der Waals surface area contributed by atoms with Gasteiger partial charge in [-0.05, 0) is 73.9 Å². The van der Waals surface area contributed by atoms with Gasteiger partial charge >= 0.3 is 0 Å². The highest BCUT2D eigenvalue weighted by atomic mass is 32.2. The Hall–Kier alpha value is -4.82. The lowest BCUT2D eigenvalue weighted by Gasteiger charge is -2.14. The van der Waals surface area contributed by atoms with Crippen molar-refractivity contribution < 1.29 is 19.1 Å². The fourth-order valence-electron chi connectivity index (χ4n) is 4.37. The first kappa shape index (κ1) is 31.1. The molecule has 0 unspecified atom stereocenters. The van der Waals surface area contributed by atoms with Crippen molar-refractivity contribution >= 4 is 46.9 Å². The van der Waals surface area contributed by atoms with Crippen molar-refractivity contribution in [3.05, 3.63) is 125 Å². The van der Waals surface area contributed by atoms with Crippen molar-refractivity contribution in [2.45, 2.75) is 32.1 Å². The maximum atomic E-state index is 13.5. The number of nitrogens with one attached hydrogen (secondary N) is 3. The number of hydrogen-bond donors (Lipinski definition) is 3. The number of carbonyl (C=O) groups is 3. The summed E-state index contributed by atoms with van der Waals surface area (Å²) < 4.78 is 5.72. The second-order valence-corrected chi connectivity index (χ2v) is 10.7. The van der Waals surface area contributed by atoms with Gasteiger partial charge in [0.05, 0.1) is 12.4 Å². The lowest BCUT2D eigenvalue weighted by atomic mass is 10.1. The second kappa shape index (κ2) is 15.4. The number of ether oxygens (including phenoxy) is 1. The van der Waals surface area contributed by atoms with Crippen LogP contribution in [0.2, 0.25) is 0 Å². The lowest BCUT2D eigenvalue weighted by molar-refractivity contribution is -0.114. The summed E-state index contributed by atoms with van der Waals surface area (Å²) in [4.78, 5) is 40.1. The molecule has 0 aliphatic rings. The molecule has 8 heteroatoms. The molecule has 0 atom stereocenters. The topological polar surface area (TPSA) is 96.5 Å². The number of aryl methyl sites for hydroxylation is 2. The Kier molecular flexibility index (Phi) is 11.2. The highest BCUT2D eigenvalue weighted by molar-refractivity contribution is 8.00. The largest absolute Gasteiger partial charge is 0.493 e. The number of benzene rings is 4. The third-order valence-corrected chi connectivity index (χ3v) is 7.51. The van der Waals surface area contributed by atoms with Crippen molar-refractivity contribution in [3.8, 4) is 5.75 Å². The second-order valence-electron chi connectivity index (χ2n) is 9.63. The van der Waals surface area contributed by atoms with E-state index >= 15 is 0 Å². The van der Waals surface area contributed by atoms with Gasteiger partial charge in [-0.2, -0.15) is 0 Å². The molecule has 0 aliphatic heterocycles. The highest BCUT2D eigenvalue weighted by Gasteiger charge is 2.17. The molecule has 4 rings (SSSR count). The molecule has 0 saturated heterocycles. The van der Waals surface area contributed by atoms with Crippen LogP contribution in [0.3, 0.4) is 0 Å². The van der Waals surface area contributed by atoms with E-state index in [1.807, 2.05) is 74.5 Å². The normalized spacial score (nSPS) is 11.0. The Morgan fingerprint density at radius 2 is 1.58 bits per heavy atom. The van der Waals surface area contributed by atoms with E-state index in [9.17, 15) is 14.4 Å². The minimum Gasteiger partial charge on any atom is -0.493 e. The van der Waals surface area contributed by atoms with Gasteiger partial charge in [0, 0.05) is 27.4 Å². The van der Waals surface area contributed by atoms with Crippen LogP contribution in [0.5, 0.6) is 5.75 Å². The lowest BCUT2D eigenvalue weighted by Crippen LogP contribution is -2.30. The number of rotatable bonds is 12. The van der Waals surface area contributed by atoms with Crippen LogP contribution in [-0.4, -0.2) is 30.1 Å². The number of anilines is 2. The zero-order valence-corrected chi connectivity index (χ0v) is 25.3. The minimum absolute atomic E-state index is 0.0587. The number of para-hydroxylation sites is 2. The molecular weight excluding hydrogens is 558 g/mol. The van der Waals surface area contributed by atoms with Gasteiger partial charge in [-0.1, -0.05) is 67.6 Å². The average molecular weight is 594 g/mol. The van der Waals surface area contributed by atoms with E-state index in [1.54, 1.807) is 42.5 Å². The predicted octanol–water partition coefficient (Wildman–Crippen LogP) is 7.10. The molecule has 3 N–H and O–H groups in total. The molecule has 220 valence electrons. The average Bonchev–Trinajstić information content (AvgIpc) is 3.02. The van der Waals surface area contributed by atoms with E-state index in [4.69, 9.17) is 4.74 Å². The standard InChI is InChI=1S/C35H35N3O4S/c1-4-25-17-11-13-24(3)33(25)38-32(39)23-43-29-19-12-18-28(22-29)36-35(41)30(37-34(40)26-14-7-6-8-15-26)21-27-16-9-10-20-31(27)42-5-2/h6-22H,4-5,23H2,1-3H3,(H,36,41)(H,37,40)(H,38,39)/b30-21+. The first-order valence-electron chi connectivity index (χ1n) is 14.1. The van der Waals surface area contributed by atoms with Crippen molar-refractivity contribution in [2.24, 2.45) is 0 Å². The molecule has 0 saturated carbocycles. The van der Waals surface area contributed by atoms with Crippen LogP contribution in [0, 0.1) is 6.92 Å². The molecule has 0 fully saturated rings. The van der Waals surface area contributed by atoms with Crippen LogP contribution in [0.15, 0.2) is 108 Å². The number of carbonyl (C=O) groups excluding carboxylic acids is 3. The van der Waals surface area contributed by atoms with E-state index in [0.717, 1.165) is 28.1 Å². The van der Waals surface area contributed by atoms with Crippen LogP contribution in [-0.2, 0) is 16.0 Å². The van der Waals surface area contributed by atoms with Gasteiger partial charge in [-0.25, -0.2) is 0 Å². The van der Waals surface area contributed by atoms with E-state index in [-0.39, 0.29) is 17.4 Å². The van der Waals surface area contributed by atoms with Crippen molar-refractivity contribution in [1.82, 2.24) is 5.32 Å². The molecule has 43 heavy (non-hydrogen) atoms. The zero-order chi connectivity index (χ0) is 30.6. The maximum Gasteiger partial charge on any atom is 0.272 e. The minimum atomic E-state index is -0.498. The highest BCUT2D eigenvalue weighted by Crippen LogP contribution is 2.25. The Morgan fingerprint density at radius 3 is 2.35 bits per heavy atom. The van der Waals surface area contributed by atoms with Crippen LogP contribution < -0.4 is 20.7 Å². The van der Waals surface area contributed by atoms with Crippen LogP contribution in [0.25, 0.3) is 6.08 Å². The number of thioether (sulfide) groups is 1. The number of amides is 3. The van der Waals surface area contributed by atoms with Crippen molar-refractivity contribution in [3.63, 3.8) is 0 Å². The van der Waals surface area contributed by atoms with Crippen molar-refractivity contribution in [1.29, 1.82) is 0 Å². The molecule has 0 radical (unpaired) electrons. The fourth-order valence-corrected chi connectivity index (χ4v) is 5.13. The van der Waals surface area contributed by atoms with Gasteiger partial charge in [0.25, 0.3) is 11.8 Å². The predicted molar refractivity (Wildman–Crippen MR) is 174 cm³/mol. The molecule has 0 heterocycles. The molecule has 0 aromatic heterocycles. The zero-order valence-electron chi connectivity index (χ0n) is 24.5. The maximum absolute atomic E-state index is 13.5. The van der Waals surface area contributed by atoms with Gasteiger partial charge in [0.15, 0.2) is 0 Å². The molecular formula is C35H35N3O4S. The Morgan fingerprint density at radius 1 is 0.837 bits per heavy atom. The van der Waals surface area contributed by atoms with Crippen LogP contribution in [0.1, 0.15) is 40.9 Å². The molecule has 4 aromatic rings. The van der Waals surface area contributed by atoms with Gasteiger partial charge in [-0.15, -0.1) is 11.8 Å². The third kappa shape index (κ3) is 8.83. The third-order valence-electron chi connectivity index (χ3n) is 6.51. The summed E-state index contributed by atoms with van der Waals surface area (Å²) >= 11 is 1.37. The van der Waals surface area contributed by atoms with Crippen LogP contribution in [0.4, 0.5) is 11.4 Å². The first-order valence-corrected chi connectivity index (χ1v) is 15.1. The van der Waals surface area contributed by atoms with Gasteiger partial charge in [0.1, 0.15) is 11.4 Å². The molecule has 0 spiro atoms. The Labute approximate surface area is 256 Å². The summed E-state index contributed by atoms with van der Waals surface area (Å²) in [6, 6.07) is 29.2. The summed E-state index contributed by atoms with van der Waals surface area (Å²) in [5, 5.41) is 8.69. The van der Waals surface area contributed by atoms with E-state index in [2.05, 4.69) is 22.9 Å². The van der Waals surface area contributed by atoms with Crippen LogP contribution >= 0.6 is 11.8 Å². The summed E-state index contributed by atoms with van der Waals surface area (Å²) in [5.41, 5.74) is 4.64. The van der Waals surface area contributed by atoms with E-state index < -0.39 is 11.8 Å². The number of hydrogen-bond acceptors (Lipinski definition) is 5. The SMILES string of the molecule is CCOc1ccccc1/C=C(/NC(=O)c1ccccc1)C(=O)Nc1cccc(SCC(=O)Nc2c(C)cccc2CC)c1. The summed E-state index contributed by atoms with van der Waals surface area (Å²) in [5.74, 6) is -0.211. The molecule has 7 nitrogen and oxygen atoms in total. The molecule has 0 aliphatic carbocycles. The first-order chi connectivity index (χ1) is 20.9. The monoisotopic (exact) mass is 593 g/mol. The quantitative estimate of drug-likeness (QED) is 0.120. The van der Waals surface area contributed by atoms with E-state index in [0.29, 0.717) is 29.2 Å². The van der Waals surface area contributed by atoms with Crippen molar-refractivity contribution in [2.75, 3.05) is 23.0 Å². The summed E-state index contributed by atoms with van der Waals surface area (Å²) in [7, 11) is 0. The van der Waals surface area contributed by atoms with E-state index in [1.165, 1.54) is 11.8 Å². The molecule has 0 bridgehead atoms. The van der Waals surface area contributed by atoms with Gasteiger partial charge in [-0.3, -0.25) is 14.4 Å². The smallest absolute Gasteiger partial charge is 0.272 e. The van der Waals surface area contributed by atoms with Gasteiger partial charge < -0.3 is 20.7 Å². The summed E-state index contributed by atoms with van der Waals surface area (Å²) in [6.45, 7) is 6.37. The fraction of sp³-hybridized carbons (Fsp3) is 0.171. The Balaban J connectivity index is 1.49. The molecule has 3 amide bonds. The van der Waals surface area contributed by atoms with Gasteiger partial charge in [0.2, 0.25) is 5.91 Å². The Bertz CT molecular complexity index is 1620.